The van der Waals surface area contributed by atoms with Crippen molar-refractivity contribution >= 4 is 11.9 Å². The van der Waals surface area contributed by atoms with Crippen molar-refractivity contribution in [3.8, 4) is 11.8 Å². The molecular weight excluding hydrogens is 222 g/mol. The van der Waals surface area contributed by atoms with E-state index in [0.29, 0.717) is 11.3 Å². The summed E-state index contributed by atoms with van der Waals surface area (Å²) in [6.07, 6.45) is 0. The summed E-state index contributed by atoms with van der Waals surface area (Å²) in [7, 11) is 1.41. The van der Waals surface area contributed by atoms with Crippen LogP contribution in [0.25, 0.3) is 0 Å². The second-order valence-electron chi connectivity index (χ2n) is 3.05. The fourth-order valence-electron chi connectivity index (χ4n) is 1.000. The highest BCUT2D eigenvalue weighted by Gasteiger charge is 2.06. The lowest BCUT2D eigenvalue weighted by Crippen LogP contribution is -2.39. The average molecular weight is 233 g/mol. The fourth-order valence-corrected chi connectivity index (χ4v) is 1.000. The van der Waals surface area contributed by atoms with Gasteiger partial charge in [0.15, 0.2) is 6.61 Å². The van der Waals surface area contributed by atoms with Crippen LogP contribution >= 0.6 is 0 Å². The Labute approximate surface area is 98.2 Å². The molecule has 0 spiro atoms. The molecule has 0 atom stereocenters. The molecule has 0 aliphatic carbocycles. The highest BCUT2D eigenvalue weighted by atomic mass is 16.5. The molecule has 1 aromatic rings. The van der Waals surface area contributed by atoms with Gasteiger partial charge in [0.25, 0.3) is 5.91 Å². The van der Waals surface area contributed by atoms with Crippen LogP contribution in [0.1, 0.15) is 5.56 Å². The number of hydrogen-bond donors (Lipinski definition) is 2. The summed E-state index contributed by atoms with van der Waals surface area (Å²) in [5.74, 6) is -0.0928. The topological polar surface area (TPSA) is 91.2 Å². The number of nitrogens with zero attached hydrogens (tertiary/aromatic N) is 1. The van der Waals surface area contributed by atoms with E-state index in [2.05, 4.69) is 10.6 Å². The molecule has 0 aromatic heterocycles. The van der Waals surface area contributed by atoms with Gasteiger partial charge in [0.05, 0.1) is 11.6 Å². The van der Waals surface area contributed by atoms with E-state index in [1.807, 2.05) is 6.07 Å². The third kappa shape index (κ3) is 4.22. The monoisotopic (exact) mass is 233 g/mol. The van der Waals surface area contributed by atoms with Gasteiger partial charge in [0, 0.05) is 7.05 Å². The number of urea groups is 1. The Hall–Kier alpha value is -2.55. The normalized spacial score (nSPS) is 8.94. The van der Waals surface area contributed by atoms with E-state index in [4.69, 9.17) is 10.00 Å². The van der Waals surface area contributed by atoms with Crippen molar-refractivity contribution in [2.75, 3.05) is 13.7 Å². The first-order valence-corrected chi connectivity index (χ1v) is 4.80. The molecule has 0 bridgehead atoms. The zero-order chi connectivity index (χ0) is 12.7. The van der Waals surface area contributed by atoms with Crippen LogP contribution in [0.2, 0.25) is 0 Å². The average Bonchev–Trinajstić information content (AvgIpc) is 2.36. The number of ether oxygens (including phenoxy) is 1. The van der Waals surface area contributed by atoms with E-state index in [0.717, 1.165) is 0 Å². The number of hydrogen-bond acceptors (Lipinski definition) is 4. The molecule has 3 amide bonds. The Balaban J connectivity index is 2.42. The number of amides is 3. The molecule has 0 aliphatic rings. The van der Waals surface area contributed by atoms with Gasteiger partial charge in [-0.05, 0) is 24.3 Å². The highest BCUT2D eigenvalue weighted by Crippen LogP contribution is 2.10. The molecule has 0 unspecified atom stereocenters. The molecule has 88 valence electrons. The van der Waals surface area contributed by atoms with Crippen LogP contribution in [0, 0.1) is 11.3 Å². The summed E-state index contributed by atoms with van der Waals surface area (Å²) in [6, 6.07) is 7.68. The lowest BCUT2D eigenvalue weighted by molar-refractivity contribution is -0.122. The van der Waals surface area contributed by atoms with E-state index in [-0.39, 0.29) is 6.61 Å². The van der Waals surface area contributed by atoms with Gasteiger partial charge in [-0.15, -0.1) is 0 Å². The number of carbonyl (C=O) groups excluding carboxylic acids is 2. The molecule has 6 nitrogen and oxygen atoms in total. The van der Waals surface area contributed by atoms with E-state index >= 15 is 0 Å². The van der Waals surface area contributed by atoms with E-state index in [1.165, 1.54) is 7.05 Å². The van der Waals surface area contributed by atoms with Gasteiger partial charge in [-0.2, -0.15) is 5.26 Å². The van der Waals surface area contributed by atoms with Gasteiger partial charge in [0.2, 0.25) is 0 Å². The van der Waals surface area contributed by atoms with Crippen molar-refractivity contribution in [1.29, 1.82) is 5.26 Å². The smallest absolute Gasteiger partial charge is 0.321 e. The first-order chi connectivity index (χ1) is 8.15. The number of rotatable bonds is 3. The van der Waals surface area contributed by atoms with Gasteiger partial charge in [-0.25, -0.2) is 4.79 Å². The van der Waals surface area contributed by atoms with Crippen LogP contribution in [0.15, 0.2) is 24.3 Å². The van der Waals surface area contributed by atoms with Gasteiger partial charge >= 0.3 is 6.03 Å². The minimum Gasteiger partial charge on any atom is -0.484 e. The third-order valence-corrected chi connectivity index (χ3v) is 1.83. The predicted molar refractivity (Wildman–Crippen MR) is 59.3 cm³/mol. The zero-order valence-electron chi connectivity index (χ0n) is 9.19. The maximum absolute atomic E-state index is 11.2. The predicted octanol–water partition coefficient (Wildman–Crippen LogP) is 0.393. The maximum Gasteiger partial charge on any atom is 0.321 e. The zero-order valence-corrected chi connectivity index (χ0v) is 9.19. The number of carbonyl (C=O) groups is 2. The van der Waals surface area contributed by atoms with Crippen molar-refractivity contribution in [2.24, 2.45) is 0 Å². The van der Waals surface area contributed by atoms with Crippen LogP contribution in [-0.4, -0.2) is 25.6 Å². The summed E-state index contributed by atoms with van der Waals surface area (Å²) in [6.45, 7) is -0.265. The summed E-state index contributed by atoms with van der Waals surface area (Å²) < 4.78 is 5.11. The second-order valence-corrected chi connectivity index (χ2v) is 3.05. The molecule has 0 saturated heterocycles. The Bertz CT molecular complexity index is 448. The lowest BCUT2D eigenvalue weighted by atomic mass is 10.2. The quantitative estimate of drug-likeness (QED) is 0.790. The Kier molecular flexibility index (Phi) is 4.51. The van der Waals surface area contributed by atoms with Gasteiger partial charge < -0.3 is 10.1 Å². The van der Waals surface area contributed by atoms with Crippen molar-refractivity contribution in [3.63, 3.8) is 0 Å². The standard InChI is InChI=1S/C11H11N3O3/c1-13-11(16)14-10(15)7-17-9-4-2-8(6-12)3-5-9/h2-5H,7H2,1H3,(H2,13,14,15,16). The first kappa shape index (κ1) is 12.5. The van der Waals surface area contributed by atoms with Gasteiger partial charge in [-0.1, -0.05) is 0 Å². The van der Waals surface area contributed by atoms with Crippen molar-refractivity contribution in [1.82, 2.24) is 10.6 Å². The number of nitrogens with one attached hydrogen (secondary N) is 2. The fraction of sp³-hybridized carbons (Fsp3) is 0.182. The molecule has 0 aliphatic heterocycles. The van der Waals surface area contributed by atoms with E-state index in [9.17, 15) is 9.59 Å². The maximum atomic E-state index is 11.2. The molecule has 1 rings (SSSR count). The molecule has 0 radical (unpaired) electrons. The third-order valence-electron chi connectivity index (χ3n) is 1.83. The molecule has 0 fully saturated rings. The second kappa shape index (κ2) is 6.12. The summed E-state index contributed by atoms with van der Waals surface area (Å²) in [5.41, 5.74) is 0.507. The van der Waals surface area contributed by atoms with E-state index in [1.54, 1.807) is 24.3 Å². The highest BCUT2D eigenvalue weighted by molar-refractivity contribution is 5.94. The van der Waals surface area contributed by atoms with Crippen LogP contribution in [-0.2, 0) is 4.79 Å². The summed E-state index contributed by atoms with van der Waals surface area (Å²) >= 11 is 0. The number of nitriles is 1. The SMILES string of the molecule is CNC(=O)NC(=O)COc1ccc(C#N)cc1. The molecule has 17 heavy (non-hydrogen) atoms. The first-order valence-electron chi connectivity index (χ1n) is 4.80. The van der Waals surface area contributed by atoms with Gasteiger partial charge in [-0.3, -0.25) is 10.1 Å². The van der Waals surface area contributed by atoms with Crippen molar-refractivity contribution < 1.29 is 14.3 Å². The minimum absolute atomic E-state index is 0.265. The van der Waals surface area contributed by atoms with Gasteiger partial charge in [0.1, 0.15) is 5.75 Å². The summed E-state index contributed by atoms with van der Waals surface area (Å²) in [4.78, 5) is 21.9. The van der Waals surface area contributed by atoms with Crippen molar-refractivity contribution in [2.45, 2.75) is 0 Å². The molecule has 1 aromatic carbocycles. The number of benzene rings is 1. The minimum atomic E-state index is -0.585. The van der Waals surface area contributed by atoms with E-state index < -0.39 is 11.9 Å². The largest absolute Gasteiger partial charge is 0.484 e. The van der Waals surface area contributed by atoms with Crippen LogP contribution in [0.4, 0.5) is 4.79 Å². The van der Waals surface area contributed by atoms with Crippen LogP contribution < -0.4 is 15.4 Å². The molecular formula is C11H11N3O3. The Morgan fingerprint density at radius 2 is 2.00 bits per heavy atom. The van der Waals surface area contributed by atoms with Crippen molar-refractivity contribution in [3.05, 3.63) is 29.8 Å². The molecule has 2 N–H and O–H groups in total. The Morgan fingerprint density at radius 3 is 2.53 bits per heavy atom. The molecule has 0 heterocycles. The van der Waals surface area contributed by atoms with Crippen LogP contribution in [0.3, 0.4) is 0 Å². The molecule has 0 saturated carbocycles. The van der Waals surface area contributed by atoms with Crippen LogP contribution in [0.5, 0.6) is 5.75 Å². The number of imide groups is 1. The lowest BCUT2D eigenvalue weighted by Gasteiger charge is -2.06. The Morgan fingerprint density at radius 1 is 1.35 bits per heavy atom. The molecule has 6 heteroatoms. The summed E-state index contributed by atoms with van der Waals surface area (Å²) in [5, 5.41) is 12.9.